The molecule has 0 radical (unpaired) electrons. The quantitative estimate of drug-likeness (QED) is 0.384. The Labute approximate surface area is 103 Å². The van der Waals surface area contributed by atoms with Crippen molar-refractivity contribution in [2.45, 2.75) is 65.4 Å². The first-order valence-electron chi connectivity index (χ1n) is 5.36. The van der Waals surface area contributed by atoms with Crippen molar-refractivity contribution in [2.75, 3.05) is 0 Å². The van der Waals surface area contributed by atoms with Gasteiger partial charge in [-0.25, -0.2) is 0 Å². The number of rotatable bonds is 7. The molecule has 0 heterocycles. The zero-order valence-corrected chi connectivity index (χ0v) is 11.2. The Kier molecular flexibility index (Phi) is 13.4. The van der Waals surface area contributed by atoms with Crippen LogP contribution < -0.4 is 0 Å². The molecule has 0 aromatic heterocycles. The average molecular weight is 234 g/mol. The Morgan fingerprint density at radius 2 is 1.71 bits per heavy atom. The first kappa shape index (κ1) is 16.6. The van der Waals surface area contributed by atoms with E-state index in [1.165, 1.54) is 19.3 Å². The van der Waals surface area contributed by atoms with E-state index in [1.54, 1.807) is 0 Å². The van der Waals surface area contributed by atoms with Crippen LogP contribution in [0.5, 0.6) is 0 Å². The van der Waals surface area contributed by atoms with Gasteiger partial charge in [-0.1, -0.05) is 32.6 Å². The number of hydrogen-bond acceptors (Lipinski definition) is 2. The van der Waals surface area contributed by atoms with E-state index in [1.807, 2.05) is 13.8 Å². The Balaban J connectivity index is 0. The summed E-state index contributed by atoms with van der Waals surface area (Å²) in [5.74, 6) is -0.0495. The SMILES string of the molecule is CCCCCCCC(=O)OC(C)C.[Ti]. The summed E-state index contributed by atoms with van der Waals surface area (Å²) in [6.07, 6.45) is 6.51. The van der Waals surface area contributed by atoms with E-state index in [4.69, 9.17) is 4.74 Å². The zero-order valence-electron chi connectivity index (χ0n) is 9.64. The van der Waals surface area contributed by atoms with Crippen molar-refractivity contribution < 1.29 is 31.2 Å². The Morgan fingerprint density at radius 1 is 1.14 bits per heavy atom. The topological polar surface area (TPSA) is 26.3 Å². The largest absolute Gasteiger partial charge is 0.463 e. The molecule has 0 N–H and O–H groups in total. The molecule has 0 fully saturated rings. The number of unbranched alkanes of at least 4 members (excludes halogenated alkanes) is 4. The molecule has 0 aromatic carbocycles. The molecule has 0 spiro atoms. The second-order valence-corrected chi connectivity index (χ2v) is 3.70. The van der Waals surface area contributed by atoms with Gasteiger partial charge in [0.05, 0.1) is 6.10 Å². The summed E-state index contributed by atoms with van der Waals surface area (Å²) in [4.78, 5) is 11.1. The molecule has 0 aliphatic carbocycles. The molecule has 0 aliphatic heterocycles. The van der Waals surface area contributed by atoms with Gasteiger partial charge < -0.3 is 4.74 Å². The molecule has 3 heteroatoms. The summed E-state index contributed by atoms with van der Waals surface area (Å²) in [6, 6.07) is 0. The summed E-state index contributed by atoms with van der Waals surface area (Å²) in [7, 11) is 0. The molecule has 2 nitrogen and oxygen atoms in total. The molecule has 0 atom stereocenters. The van der Waals surface area contributed by atoms with Crippen molar-refractivity contribution in [1.29, 1.82) is 0 Å². The van der Waals surface area contributed by atoms with Gasteiger partial charge in [-0.15, -0.1) is 0 Å². The van der Waals surface area contributed by atoms with Gasteiger partial charge in [0.2, 0.25) is 0 Å². The van der Waals surface area contributed by atoms with Crippen molar-refractivity contribution in [2.24, 2.45) is 0 Å². The maximum Gasteiger partial charge on any atom is 0.306 e. The number of esters is 1. The van der Waals surface area contributed by atoms with Crippen LogP contribution in [0.2, 0.25) is 0 Å². The molecule has 0 saturated heterocycles. The fraction of sp³-hybridized carbons (Fsp3) is 0.909. The second-order valence-electron chi connectivity index (χ2n) is 3.70. The fourth-order valence-corrected chi connectivity index (χ4v) is 1.19. The zero-order chi connectivity index (χ0) is 10.1. The van der Waals surface area contributed by atoms with Crippen molar-refractivity contribution in [3.05, 3.63) is 0 Å². The van der Waals surface area contributed by atoms with E-state index in [0.29, 0.717) is 6.42 Å². The number of hydrogen-bond donors (Lipinski definition) is 0. The smallest absolute Gasteiger partial charge is 0.306 e. The first-order chi connectivity index (χ1) is 6.16. The molecule has 0 saturated carbocycles. The number of ether oxygens (including phenoxy) is 1. The van der Waals surface area contributed by atoms with E-state index in [2.05, 4.69) is 6.92 Å². The van der Waals surface area contributed by atoms with E-state index >= 15 is 0 Å². The van der Waals surface area contributed by atoms with Crippen molar-refractivity contribution >= 4 is 5.97 Å². The van der Waals surface area contributed by atoms with Gasteiger partial charge in [-0.05, 0) is 20.3 Å². The third-order valence-corrected chi connectivity index (χ3v) is 1.85. The third-order valence-electron chi connectivity index (χ3n) is 1.85. The van der Waals surface area contributed by atoms with Crippen molar-refractivity contribution in [3.8, 4) is 0 Å². The average Bonchev–Trinajstić information content (AvgIpc) is 2.02. The van der Waals surface area contributed by atoms with Gasteiger partial charge in [0.1, 0.15) is 0 Å². The minimum atomic E-state index is -0.0495. The summed E-state index contributed by atoms with van der Waals surface area (Å²) < 4.78 is 5.02. The maximum absolute atomic E-state index is 11.1. The Morgan fingerprint density at radius 3 is 2.21 bits per heavy atom. The Hall–Kier alpha value is 0.184. The van der Waals surface area contributed by atoms with E-state index < -0.39 is 0 Å². The van der Waals surface area contributed by atoms with Crippen molar-refractivity contribution in [3.63, 3.8) is 0 Å². The predicted molar refractivity (Wildman–Crippen MR) is 54.6 cm³/mol. The minimum Gasteiger partial charge on any atom is -0.463 e. The van der Waals surface area contributed by atoms with Gasteiger partial charge in [-0.3, -0.25) is 4.79 Å². The first-order valence-corrected chi connectivity index (χ1v) is 5.36. The Bertz CT molecular complexity index is 135. The van der Waals surface area contributed by atoms with Crippen LogP contribution in [-0.4, -0.2) is 12.1 Å². The van der Waals surface area contributed by atoms with Crippen LogP contribution in [0, 0.1) is 0 Å². The molecule has 82 valence electrons. The van der Waals surface area contributed by atoms with Crippen LogP contribution in [0.15, 0.2) is 0 Å². The minimum absolute atomic E-state index is 0. The number of carbonyl (C=O) groups excluding carboxylic acids is 1. The monoisotopic (exact) mass is 234 g/mol. The van der Waals surface area contributed by atoms with Gasteiger partial charge in [0.25, 0.3) is 0 Å². The summed E-state index contributed by atoms with van der Waals surface area (Å²) >= 11 is 0. The van der Waals surface area contributed by atoms with Crippen molar-refractivity contribution in [1.82, 2.24) is 0 Å². The normalized spacial score (nSPS) is 9.71. The van der Waals surface area contributed by atoms with Crippen LogP contribution in [-0.2, 0) is 31.2 Å². The van der Waals surface area contributed by atoms with Gasteiger partial charge in [-0.2, -0.15) is 0 Å². The molecule has 0 aromatic rings. The van der Waals surface area contributed by atoms with Gasteiger partial charge in [0.15, 0.2) is 0 Å². The van der Waals surface area contributed by atoms with E-state index in [-0.39, 0.29) is 33.8 Å². The summed E-state index contributed by atoms with van der Waals surface area (Å²) in [5, 5.41) is 0. The molecular formula is C11H22O2Ti. The maximum atomic E-state index is 11.1. The molecular weight excluding hydrogens is 212 g/mol. The van der Waals surface area contributed by atoms with Gasteiger partial charge >= 0.3 is 5.97 Å². The van der Waals surface area contributed by atoms with Crippen LogP contribution in [0.4, 0.5) is 0 Å². The number of carbonyl (C=O) groups is 1. The van der Waals surface area contributed by atoms with Gasteiger partial charge in [0, 0.05) is 28.1 Å². The van der Waals surface area contributed by atoms with E-state index in [0.717, 1.165) is 12.8 Å². The molecule has 0 rings (SSSR count). The fourth-order valence-electron chi connectivity index (χ4n) is 1.19. The third kappa shape index (κ3) is 12.2. The molecule has 14 heavy (non-hydrogen) atoms. The standard InChI is InChI=1S/C11H22O2.Ti/c1-4-5-6-7-8-9-11(12)13-10(2)3;/h10H,4-9H2,1-3H3;. The second kappa shape index (κ2) is 11.3. The molecule has 0 amide bonds. The van der Waals surface area contributed by atoms with E-state index in [9.17, 15) is 4.79 Å². The molecule has 0 unspecified atom stereocenters. The van der Waals surface area contributed by atoms with Crippen LogP contribution in [0.3, 0.4) is 0 Å². The predicted octanol–water partition coefficient (Wildman–Crippen LogP) is 3.30. The molecule has 0 bridgehead atoms. The summed E-state index contributed by atoms with van der Waals surface area (Å²) in [6.45, 7) is 5.96. The van der Waals surface area contributed by atoms with Crippen LogP contribution in [0.1, 0.15) is 59.3 Å². The summed E-state index contributed by atoms with van der Waals surface area (Å²) in [5.41, 5.74) is 0. The van der Waals surface area contributed by atoms with Crippen LogP contribution >= 0.6 is 0 Å². The molecule has 0 aliphatic rings. The van der Waals surface area contributed by atoms with Crippen LogP contribution in [0.25, 0.3) is 0 Å².